The molecule has 3 rings (SSSR count). The molecule has 0 radical (unpaired) electrons. The first-order chi connectivity index (χ1) is 9.60. The van der Waals surface area contributed by atoms with Gasteiger partial charge in [0, 0.05) is 18.3 Å². The van der Waals surface area contributed by atoms with Crippen LogP contribution in [-0.4, -0.2) is 14.9 Å². The maximum absolute atomic E-state index is 10.8. The van der Waals surface area contributed by atoms with Crippen LogP contribution < -0.4 is 0 Å². The summed E-state index contributed by atoms with van der Waals surface area (Å²) >= 11 is 0. The second-order valence-electron chi connectivity index (χ2n) is 5.45. The van der Waals surface area contributed by atoms with E-state index >= 15 is 0 Å². The highest BCUT2D eigenvalue weighted by molar-refractivity contribution is 5.47. The second kappa shape index (κ2) is 4.46. The molecule has 1 aliphatic carbocycles. The SMILES string of the molecule is Cc1c(C(O)C2(C#N)CCc3ccccc32)cnn1C. The van der Waals surface area contributed by atoms with Crippen molar-refractivity contribution < 1.29 is 5.11 Å². The molecule has 102 valence electrons. The minimum atomic E-state index is -0.857. The van der Waals surface area contributed by atoms with Crippen LogP contribution in [0.4, 0.5) is 0 Å². The largest absolute Gasteiger partial charge is 0.386 e. The third-order valence-corrected chi connectivity index (χ3v) is 4.52. The molecule has 0 saturated heterocycles. The summed E-state index contributed by atoms with van der Waals surface area (Å²) in [6.45, 7) is 1.91. The number of aryl methyl sites for hydroxylation is 2. The van der Waals surface area contributed by atoms with E-state index in [9.17, 15) is 10.4 Å². The Balaban J connectivity index is 2.12. The number of aliphatic hydroxyl groups excluding tert-OH is 1. The molecule has 2 atom stereocenters. The predicted molar refractivity (Wildman–Crippen MR) is 75.0 cm³/mol. The first-order valence-electron chi connectivity index (χ1n) is 6.76. The van der Waals surface area contributed by atoms with Crippen molar-refractivity contribution in [1.29, 1.82) is 5.26 Å². The van der Waals surface area contributed by atoms with Gasteiger partial charge >= 0.3 is 0 Å². The fraction of sp³-hybridized carbons (Fsp3) is 0.375. The Bertz CT molecular complexity index is 698. The van der Waals surface area contributed by atoms with Gasteiger partial charge in [-0.15, -0.1) is 0 Å². The Kier molecular flexibility index (Phi) is 2.88. The van der Waals surface area contributed by atoms with Gasteiger partial charge in [0.1, 0.15) is 11.5 Å². The molecule has 0 fully saturated rings. The number of nitrogens with zero attached hydrogens (tertiary/aromatic N) is 3. The number of aromatic nitrogens is 2. The molecule has 1 aliphatic rings. The van der Waals surface area contributed by atoms with Crippen molar-refractivity contribution in [2.24, 2.45) is 7.05 Å². The lowest BCUT2D eigenvalue weighted by Crippen LogP contribution is -2.30. The van der Waals surface area contributed by atoms with Gasteiger partial charge in [-0.2, -0.15) is 10.4 Å². The van der Waals surface area contributed by atoms with Crippen molar-refractivity contribution in [3.63, 3.8) is 0 Å². The highest BCUT2D eigenvalue weighted by Gasteiger charge is 2.46. The molecule has 0 saturated carbocycles. The topological polar surface area (TPSA) is 61.8 Å². The van der Waals surface area contributed by atoms with E-state index in [4.69, 9.17) is 0 Å². The molecular formula is C16H17N3O. The van der Waals surface area contributed by atoms with Crippen LogP contribution in [0.2, 0.25) is 0 Å². The van der Waals surface area contributed by atoms with Crippen molar-refractivity contribution in [3.05, 3.63) is 52.8 Å². The number of fused-ring (bicyclic) bond motifs is 1. The molecule has 1 aromatic carbocycles. The van der Waals surface area contributed by atoms with Crippen molar-refractivity contribution in [3.8, 4) is 6.07 Å². The van der Waals surface area contributed by atoms with Gasteiger partial charge in [0.25, 0.3) is 0 Å². The fourth-order valence-electron chi connectivity index (χ4n) is 3.15. The summed E-state index contributed by atoms with van der Waals surface area (Å²) in [6, 6.07) is 10.3. The third-order valence-electron chi connectivity index (χ3n) is 4.52. The first kappa shape index (κ1) is 12.9. The number of hydrogen-bond acceptors (Lipinski definition) is 3. The van der Waals surface area contributed by atoms with Crippen molar-refractivity contribution in [2.45, 2.75) is 31.3 Å². The molecule has 1 heterocycles. The van der Waals surface area contributed by atoms with Gasteiger partial charge in [0.15, 0.2) is 0 Å². The summed E-state index contributed by atoms with van der Waals surface area (Å²) in [5, 5.41) is 24.8. The Morgan fingerprint density at radius 1 is 1.45 bits per heavy atom. The van der Waals surface area contributed by atoms with Crippen LogP contribution in [0.1, 0.15) is 34.9 Å². The quantitative estimate of drug-likeness (QED) is 0.907. The second-order valence-corrected chi connectivity index (χ2v) is 5.45. The minimum absolute atomic E-state index is 0.651. The molecule has 0 aliphatic heterocycles. The summed E-state index contributed by atoms with van der Waals surface area (Å²) in [5.41, 5.74) is 2.90. The Hall–Kier alpha value is -2.12. The Morgan fingerprint density at radius 2 is 2.20 bits per heavy atom. The standard InChI is InChI=1S/C16H17N3O/c1-11-13(9-18-19(11)2)15(20)16(10-17)8-7-12-5-3-4-6-14(12)16/h3-6,9,15,20H,7-8H2,1-2H3. The minimum Gasteiger partial charge on any atom is -0.386 e. The van der Waals surface area contributed by atoms with E-state index in [1.807, 2.05) is 38.2 Å². The molecule has 1 aromatic heterocycles. The number of rotatable bonds is 2. The molecule has 0 spiro atoms. The van der Waals surface area contributed by atoms with Crippen LogP contribution in [-0.2, 0) is 18.9 Å². The van der Waals surface area contributed by atoms with Crippen LogP contribution >= 0.6 is 0 Å². The summed E-state index contributed by atoms with van der Waals surface area (Å²) in [5.74, 6) is 0. The van der Waals surface area contributed by atoms with Crippen LogP contribution in [0.25, 0.3) is 0 Å². The molecule has 2 unspecified atom stereocenters. The first-order valence-corrected chi connectivity index (χ1v) is 6.76. The summed E-state index contributed by atoms with van der Waals surface area (Å²) in [6.07, 6.45) is 2.31. The maximum Gasteiger partial charge on any atom is 0.113 e. The number of nitriles is 1. The summed E-state index contributed by atoms with van der Waals surface area (Å²) in [7, 11) is 1.84. The van der Waals surface area contributed by atoms with E-state index in [-0.39, 0.29) is 0 Å². The molecule has 4 nitrogen and oxygen atoms in total. The third kappa shape index (κ3) is 1.60. The van der Waals surface area contributed by atoms with E-state index < -0.39 is 11.5 Å². The lowest BCUT2D eigenvalue weighted by atomic mass is 9.75. The number of benzene rings is 1. The van der Waals surface area contributed by atoms with Gasteiger partial charge in [0.2, 0.25) is 0 Å². The van der Waals surface area contributed by atoms with E-state index in [0.29, 0.717) is 6.42 Å². The molecule has 1 N–H and O–H groups in total. The van der Waals surface area contributed by atoms with Gasteiger partial charge in [-0.25, -0.2) is 0 Å². The molecule has 2 aromatic rings. The normalized spacial score (nSPS) is 22.3. The van der Waals surface area contributed by atoms with E-state index in [1.165, 1.54) is 0 Å². The van der Waals surface area contributed by atoms with Crippen molar-refractivity contribution in [1.82, 2.24) is 9.78 Å². The molecule has 0 bridgehead atoms. The summed E-state index contributed by atoms with van der Waals surface area (Å²) < 4.78 is 1.73. The lowest BCUT2D eigenvalue weighted by Gasteiger charge is -2.28. The number of hydrogen-bond donors (Lipinski definition) is 1. The van der Waals surface area contributed by atoms with Gasteiger partial charge in [0.05, 0.1) is 12.3 Å². The summed E-state index contributed by atoms with van der Waals surface area (Å²) in [4.78, 5) is 0. The van der Waals surface area contributed by atoms with Crippen molar-refractivity contribution in [2.75, 3.05) is 0 Å². The molecule has 4 heteroatoms. The van der Waals surface area contributed by atoms with Crippen LogP contribution in [0.15, 0.2) is 30.5 Å². The van der Waals surface area contributed by atoms with Crippen LogP contribution in [0, 0.1) is 18.3 Å². The van der Waals surface area contributed by atoms with E-state index in [1.54, 1.807) is 10.9 Å². The van der Waals surface area contributed by atoms with E-state index in [0.717, 1.165) is 28.8 Å². The Labute approximate surface area is 118 Å². The monoisotopic (exact) mass is 267 g/mol. The van der Waals surface area contributed by atoms with Gasteiger partial charge in [-0.3, -0.25) is 4.68 Å². The number of aliphatic hydroxyl groups is 1. The zero-order valence-electron chi connectivity index (χ0n) is 11.7. The van der Waals surface area contributed by atoms with Gasteiger partial charge < -0.3 is 5.11 Å². The molecule has 0 amide bonds. The highest BCUT2D eigenvalue weighted by Crippen LogP contribution is 2.47. The maximum atomic E-state index is 10.8. The molecule has 20 heavy (non-hydrogen) atoms. The smallest absolute Gasteiger partial charge is 0.113 e. The van der Waals surface area contributed by atoms with Crippen molar-refractivity contribution >= 4 is 0 Å². The zero-order valence-corrected chi connectivity index (χ0v) is 11.7. The molecular weight excluding hydrogens is 250 g/mol. The Morgan fingerprint density at radius 3 is 2.85 bits per heavy atom. The predicted octanol–water partition coefficient (Wildman–Crippen LogP) is 2.17. The van der Waals surface area contributed by atoms with E-state index in [2.05, 4.69) is 11.2 Å². The fourth-order valence-corrected chi connectivity index (χ4v) is 3.15. The zero-order chi connectivity index (χ0) is 14.3. The highest BCUT2D eigenvalue weighted by atomic mass is 16.3. The average Bonchev–Trinajstić information content (AvgIpc) is 3.01. The average molecular weight is 267 g/mol. The van der Waals surface area contributed by atoms with Crippen LogP contribution in [0.3, 0.4) is 0 Å². The van der Waals surface area contributed by atoms with Gasteiger partial charge in [-0.1, -0.05) is 24.3 Å². The van der Waals surface area contributed by atoms with Crippen LogP contribution in [0.5, 0.6) is 0 Å². The lowest BCUT2D eigenvalue weighted by molar-refractivity contribution is 0.110. The van der Waals surface area contributed by atoms with Gasteiger partial charge in [-0.05, 0) is 30.9 Å².